The molecule has 23 heavy (non-hydrogen) atoms. The molecule has 2 rings (SSSR count). The van der Waals surface area contributed by atoms with Gasteiger partial charge in [0.1, 0.15) is 4.90 Å². The van der Waals surface area contributed by atoms with Gasteiger partial charge in [0, 0.05) is 11.0 Å². The Hall–Kier alpha value is -2.43. The third-order valence-electron chi connectivity index (χ3n) is 2.67. The lowest BCUT2D eigenvalue weighted by atomic mass is 10.2. The number of nitro benzene ring substituents is 1. The maximum Gasteiger partial charge on any atom is 0.336 e. The number of carboxylic acids is 1. The molecule has 0 fully saturated rings. The van der Waals surface area contributed by atoms with E-state index in [1.54, 1.807) is 30.3 Å². The highest BCUT2D eigenvalue weighted by molar-refractivity contribution is 7.99. The first kappa shape index (κ1) is 16.9. The molecule has 1 unspecified atom stereocenters. The first-order chi connectivity index (χ1) is 10.9. The molecule has 0 saturated carbocycles. The monoisotopic (exact) mass is 354 g/mol. The van der Waals surface area contributed by atoms with Gasteiger partial charge in [-0.2, -0.15) is 0 Å². The maximum absolute atomic E-state index is 11.3. The Kier molecular flexibility index (Phi) is 5.32. The highest BCUT2D eigenvalue weighted by Gasteiger charge is 2.23. The smallest absolute Gasteiger partial charge is 0.336 e. The van der Waals surface area contributed by atoms with Gasteiger partial charge in [0.05, 0.1) is 16.2 Å². The Labute approximate surface area is 137 Å². The third-order valence-corrected chi connectivity index (χ3v) is 4.21. The molecule has 0 aliphatic rings. The number of hydrogen-bond donors (Lipinski definition) is 3. The zero-order chi connectivity index (χ0) is 17.0. The quantitative estimate of drug-likeness (QED) is 0.413. The molecule has 2 aromatic carbocycles. The van der Waals surface area contributed by atoms with E-state index in [1.807, 2.05) is 0 Å². The number of anilines is 1. The van der Waals surface area contributed by atoms with Gasteiger partial charge < -0.3 is 5.11 Å². The highest BCUT2D eigenvalue weighted by Crippen LogP contribution is 2.41. The number of nitro groups is 1. The van der Waals surface area contributed by atoms with E-state index < -0.39 is 27.8 Å². The van der Waals surface area contributed by atoms with Crippen molar-refractivity contribution in [3.8, 4) is 0 Å². The lowest BCUT2D eigenvalue weighted by Crippen LogP contribution is -2.07. The molecule has 1 atom stereocenters. The largest absolute Gasteiger partial charge is 0.478 e. The van der Waals surface area contributed by atoms with Crippen LogP contribution in [0.25, 0.3) is 0 Å². The summed E-state index contributed by atoms with van der Waals surface area (Å²) in [6.45, 7) is 0. The topological polar surface area (TPSA) is 130 Å². The predicted octanol–water partition coefficient (Wildman–Crippen LogP) is 2.99. The van der Waals surface area contributed by atoms with Gasteiger partial charge in [-0.3, -0.25) is 19.4 Å². The van der Waals surface area contributed by atoms with Crippen molar-refractivity contribution in [2.75, 3.05) is 4.72 Å². The standard InChI is InChI=1S/C13H10N2O6S2/c16-13(17)8-6-10(14-23(20)21)12(11(7-8)15(18)19)22-9-4-2-1-3-5-9/h1-7,14H,(H,16,17)(H,20,21). The Balaban J connectivity index is 2.62. The zero-order valence-corrected chi connectivity index (χ0v) is 13.0. The first-order valence-corrected chi connectivity index (χ1v) is 7.97. The molecule has 0 spiro atoms. The van der Waals surface area contributed by atoms with Crippen LogP contribution < -0.4 is 4.72 Å². The van der Waals surface area contributed by atoms with Gasteiger partial charge in [-0.1, -0.05) is 30.0 Å². The van der Waals surface area contributed by atoms with Crippen molar-refractivity contribution in [3.05, 3.63) is 58.1 Å². The van der Waals surface area contributed by atoms with Gasteiger partial charge in [0.25, 0.3) is 17.0 Å². The van der Waals surface area contributed by atoms with Gasteiger partial charge in [0.15, 0.2) is 0 Å². The van der Waals surface area contributed by atoms with Crippen LogP contribution in [0.1, 0.15) is 10.4 Å². The van der Waals surface area contributed by atoms with Gasteiger partial charge in [-0.25, -0.2) is 9.00 Å². The average Bonchev–Trinajstić information content (AvgIpc) is 2.48. The predicted molar refractivity (Wildman–Crippen MR) is 85.0 cm³/mol. The summed E-state index contributed by atoms with van der Waals surface area (Å²) >= 11 is -1.52. The van der Waals surface area contributed by atoms with Crippen molar-refractivity contribution in [1.29, 1.82) is 0 Å². The number of hydrogen-bond acceptors (Lipinski definition) is 5. The normalized spacial score (nSPS) is 11.7. The minimum atomic E-state index is -2.51. The number of benzene rings is 2. The second kappa shape index (κ2) is 7.22. The molecule has 0 amide bonds. The van der Waals surface area contributed by atoms with Crippen LogP contribution in [0.4, 0.5) is 11.4 Å². The van der Waals surface area contributed by atoms with Crippen LogP contribution in [0.15, 0.2) is 52.3 Å². The molecule has 2 aromatic rings. The average molecular weight is 354 g/mol. The molecule has 0 bridgehead atoms. The fourth-order valence-electron chi connectivity index (χ4n) is 1.76. The first-order valence-electron chi connectivity index (χ1n) is 6.04. The minimum absolute atomic E-state index is 0.0496. The summed E-state index contributed by atoms with van der Waals surface area (Å²) in [5.41, 5.74) is -0.931. The Morgan fingerprint density at radius 3 is 2.43 bits per heavy atom. The molecular weight excluding hydrogens is 344 g/mol. The molecule has 0 saturated heterocycles. The van der Waals surface area contributed by atoms with E-state index in [0.29, 0.717) is 4.90 Å². The summed E-state index contributed by atoms with van der Waals surface area (Å²) in [6, 6.07) is 10.6. The third kappa shape index (κ3) is 4.28. The number of nitrogens with one attached hydrogen (secondary N) is 1. The zero-order valence-electron chi connectivity index (χ0n) is 11.3. The van der Waals surface area contributed by atoms with Crippen LogP contribution in [0.3, 0.4) is 0 Å². The summed E-state index contributed by atoms with van der Waals surface area (Å²) in [4.78, 5) is 22.3. The number of carboxylic acid groups (broad SMARTS) is 1. The van der Waals surface area contributed by atoms with E-state index in [2.05, 4.69) is 4.72 Å². The summed E-state index contributed by atoms with van der Waals surface area (Å²) in [5.74, 6) is -1.38. The summed E-state index contributed by atoms with van der Waals surface area (Å²) in [6.07, 6.45) is 0. The van der Waals surface area contributed by atoms with E-state index in [1.165, 1.54) is 0 Å². The molecule has 0 aliphatic carbocycles. The number of carbonyl (C=O) groups is 1. The fraction of sp³-hybridized carbons (Fsp3) is 0. The summed E-state index contributed by atoms with van der Waals surface area (Å²) in [7, 11) is 0. The van der Waals surface area contributed by atoms with Crippen LogP contribution in [0.5, 0.6) is 0 Å². The Bertz CT molecular complexity index is 782. The molecular formula is C13H10N2O6S2. The number of aromatic carboxylic acids is 1. The Morgan fingerprint density at radius 2 is 1.91 bits per heavy atom. The molecule has 0 heterocycles. The van der Waals surface area contributed by atoms with Crippen molar-refractivity contribution < 1.29 is 23.6 Å². The van der Waals surface area contributed by atoms with Crippen LogP contribution in [0.2, 0.25) is 0 Å². The van der Waals surface area contributed by atoms with E-state index in [0.717, 1.165) is 23.9 Å². The Morgan fingerprint density at radius 1 is 1.26 bits per heavy atom. The van der Waals surface area contributed by atoms with Crippen molar-refractivity contribution in [1.82, 2.24) is 0 Å². The maximum atomic E-state index is 11.3. The summed E-state index contributed by atoms with van der Waals surface area (Å²) < 4.78 is 22.1. The van der Waals surface area contributed by atoms with Gasteiger partial charge >= 0.3 is 5.97 Å². The molecule has 0 radical (unpaired) electrons. The van der Waals surface area contributed by atoms with E-state index in [-0.39, 0.29) is 16.1 Å². The van der Waals surface area contributed by atoms with E-state index >= 15 is 0 Å². The van der Waals surface area contributed by atoms with E-state index in [9.17, 15) is 19.1 Å². The van der Waals surface area contributed by atoms with Crippen LogP contribution >= 0.6 is 11.8 Å². The van der Waals surface area contributed by atoms with E-state index in [4.69, 9.17) is 9.66 Å². The van der Waals surface area contributed by atoms with Crippen molar-refractivity contribution in [2.45, 2.75) is 9.79 Å². The molecule has 8 nitrogen and oxygen atoms in total. The SMILES string of the molecule is O=C(O)c1cc(NS(=O)O)c(Sc2ccccc2)c([N+](=O)[O-])c1. The van der Waals surface area contributed by atoms with Crippen molar-refractivity contribution >= 4 is 40.4 Å². The lowest BCUT2D eigenvalue weighted by Gasteiger charge is -2.11. The highest BCUT2D eigenvalue weighted by atomic mass is 32.2. The molecule has 120 valence electrons. The van der Waals surface area contributed by atoms with Crippen LogP contribution in [0, 0.1) is 10.1 Å². The number of nitrogens with zero attached hydrogens (tertiary/aromatic N) is 1. The van der Waals surface area contributed by atoms with Gasteiger partial charge in [0.2, 0.25) is 0 Å². The molecule has 0 aliphatic heterocycles. The summed E-state index contributed by atoms with van der Waals surface area (Å²) in [5, 5.41) is 20.3. The van der Waals surface area contributed by atoms with Crippen LogP contribution in [-0.2, 0) is 11.3 Å². The molecule has 10 heteroatoms. The van der Waals surface area contributed by atoms with Gasteiger partial charge in [-0.05, 0) is 18.2 Å². The van der Waals surface area contributed by atoms with Crippen molar-refractivity contribution in [3.63, 3.8) is 0 Å². The van der Waals surface area contributed by atoms with Crippen molar-refractivity contribution in [2.24, 2.45) is 0 Å². The molecule has 3 N–H and O–H groups in total. The second-order valence-electron chi connectivity index (χ2n) is 4.20. The molecule has 0 aromatic heterocycles. The number of rotatable bonds is 6. The fourth-order valence-corrected chi connectivity index (χ4v) is 3.16. The second-order valence-corrected chi connectivity index (χ2v) is 5.99. The van der Waals surface area contributed by atoms with Crippen LogP contribution in [-0.4, -0.2) is 24.8 Å². The minimum Gasteiger partial charge on any atom is -0.478 e. The van der Waals surface area contributed by atoms with Gasteiger partial charge in [-0.15, -0.1) is 0 Å². The lowest BCUT2D eigenvalue weighted by molar-refractivity contribution is -0.387.